The summed E-state index contributed by atoms with van der Waals surface area (Å²) in [7, 11) is 0. The molecule has 1 aliphatic carbocycles. The molecule has 0 heterocycles. The molecule has 2 N–H and O–H groups in total. The Balaban J connectivity index is 2.13. The van der Waals surface area contributed by atoms with Crippen molar-refractivity contribution in [1.82, 2.24) is 0 Å². The highest BCUT2D eigenvalue weighted by Crippen LogP contribution is 2.38. The fourth-order valence-electron chi connectivity index (χ4n) is 2.67. The van der Waals surface area contributed by atoms with E-state index in [9.17, 15) is 13.6 Å². The van der Waals surface area contributed by atoms with Gasteiger partial charge < -0.3 is 5.73 Å². The molecule has 0 radical (unpaired) electrons. The lowest BCUT2D eigenvalue weighted by Gasteiger charge is -2.25. The SMILES string of the molecule is NCC1(C(=O)Cc2ccc(F)c(F)c2)CCCC1. The molecule has 0 aromatic heterocycles. The average Bonchev–Trinajstić information content (AvgIpc) is 2.84. The van der Waals surface area contributed by atoms with E-state index >= 15 is 0 Å². The molecular weight excluding hydrogens is 236 g/mol. The highest BCUT2D eigenvalue weighted by Gasteiger charge is 2.39. The zero-order valence-corrected chi connectivity index (χ0v) is 10.2. The lowest BCUT2D eigenvalue weighted by molar-refractivity contribution is -0.127. The molecule has 1 saturated carbocycles. The second-order valence-electron chi connectivity index (χ2n) is 5.04. The summed E-state index contributed by atoms with van der Waals surface area (Å²) in [5, 5.41) is 0. The maximum absolute atomic E-state index is 13.1. The molecule has 0 aliphatic heterocycles. The number of ketones is 1. The largest absolute Gasteiger partial charge is 0.329 e. The third-order valence-corrected chi connectivity index (χ3v) is 3.89. The predicted octanol–water partition coefficient (Wildman–Crippen LogP) is 2.60. The van der Waals surface area contributed by atoms with Crippen LogP contribution in [0.25, 0.3) is 0 Å². The predicted molar refractivity (Wildman–Crippen MR) is 65.0 cm³/mol. The normalized spacial score (nSPS) is 17.9. The summed E-state index contributed by atoms with van der Waals surface area (Å²) in [4.78, 5) is 12.3. The molecule has 0 amide bonds. The van der Waals surface area contributed by atoms with Crippen molar-refractivity contribution in [3.8, 4) is 0 Å². The van der Waals surface area contributed by atoms with Crippen LogP contribution >= 0.6 is 0 Å². The summed E-state index contributed by atoms with van der Waals surface area (Å²) in [6.45, 7) is 0.343. The molecule has 0 spiro atoms. The van der Waals surface area contributed by atoms with E-state index in [1.54, 1.807) is 0 Å². The smallest absolute Gasteiger partial charge is 0.159 e. The van der Waals surface area contributed by atoms with Crippen molar-refractivity contribution in [2.75, 3.05) is 6.54 Å². The van der Waals surface area contributed by atoms with Crippen molar-refractivity contribution in [3.63, 3.8) is 0 Å². The zero-order chi connectivity index (χ0) is 13.2. The number of carbonyl (C=O) groups is 1. The first-order valence-corrected chi connectivity index (χ1v) is 6.25. The topological polar surface area (TPSA) is 43.1 Å². The zero-order valence-electron chi connectivity index (χ0n) is 10.2. The number of hydrogen-bond acceptors (Lipinski definition) is 2. The van der Waals surface area contributed by atoms with Gasteiger partial charge in [0.1, 0.15) is 5.78 Å². The number of Topliss-reactive ketones (excluding diaryl/α,β-unsaturated/α-hetero) is 1. The van der Waals surface area contributed by atoms with E-state index in [1.165, 1.54) is 6.07 Å². The lowest BCUT2D eigenvalue weighted by Crippen LogP contribution is -2.37. The summed E-state index contributed by atoms with van der Waals surface area (Å²) < 4.78 is 25.9. The van der Waals surface area contributed by atoms with E-state index in [0.717, 1.165) is 37.8 Å². The van der Waals surface area contributed by atoms with Crippen LogP contribution in [0.3, 0.4) is 0 Å². The summed E-state index contributed by atoms with van der Waals surface area (Å²) in [6, 6.07) is 3.60. The Bertz CT molecular complexity index is 453. The van der Waals surface area contributed by atoms with Crippen LogP contribution in [0.4, 0.5) is 8.78 Å². The van der Waals surface area contributed by atoms with E-state index < -0.39 is 17.0 Å². The molecule has 18 heavy (non-hydrogen) atoms. The number of hydrogen-bond donors (Lipinski definition) is 1. The first kappa shape index (κ1) is 13.1. The summed E-state index contributed by atoms with van der Waals surface area (Å²) in [5.41, 5.74) is 5.80. The summed E-state index contributed by atoms with van der Waals surface area (Å²) in [5.74, 6) is -1.75. The van der Waals surface area contributed by atoms with Gasteiger partial charge in [0.15, 0.2) is 11.6 Å². The Morgan fingerprint density at radius 2 is 1.89 bits per heavy atom. The fraction of sp³-hybridized carbons (Fsp3) is 0.500. The molecular formula is C14H17F2NO. The van der Waals surface area contributed by atoms with Crippen LogP contribution in [-0.4, -0.2) is 12.3 Å². The van der Waals surface area contributed by atoms with E-state index in [-0.39, 0.29) is 12.2 Å². The highest BCUT2D eigenvalue weighted by molar-refractivity contribution is 5.87. The molecule has 1 aromatic rings. The minimum Gasteiger partial charge on any atom is -0.329 e. The maximum Gasteiger partial charge on any atom is 0.159 e. The fourth-order valence-corrected chi connectivity index (χ4v) is 2.67. The van der Waals surface area contributed by atoms with Crippen LogP contribution in [0, 0.1) is 17.0 Å². The third kappa shape index (κ3) is 2.43. The lowest BCUT2D eigenvalue weighted by atomic mass is 9.79. The van der Waals surface area contributed by atoms with Crippen molar-refractivity contribution < 1.29 is 13.6 Å². The van der Waals surface area contributed by atoms with Crippen LogP contribution in [-0.2, 0) is 11.2 Å². The molecule has 0 atom stereocenters. The Morgan fingerprint density at radius 1 is 1.22 bits per heavy atom. The first-order valence-electron chi connectivity index (χ1n) is 6.25. The van der Waals surface area contributed by atoms with Gasteiger partial charge in [-0.2, -0.15) is 0 Å². The average molecular weight is 253 g/mol. The Hall–Kier alpha value is -1.29. The monoisotopic (exact) mass is 253 g/mol. The summed E-state index contributed by atoms with van der Waals surface area (Å²) in [6.07, 6.45) is 3.79. The van der Waals surface area contributed by atoms with Crippen LogP contribution in [0.15, 0.2) is 18.2 Å². The number of halogens is 2. The van der Waals surface area contributed by atoms with Gasteiger partial charge in [0.2, 0.25) is 0 Å². The van der Waals surface area contributed by atoms with Gasteiger partial charge in [-0.1, -0.05) is 18.9 Å². The van der Waals surface area contributed by atoms with Crippen LogP contribution in [0.5, 0.6) is 0 Å². The highest BCUT2D eigenvalue weighted by atomic mass is 19.2. The number of carbonyl (C=O) groups excluding carboxylic acids is 1. The molecule has 2 nitrogen and oxygen atoms in total. The molecule has 1 fully saturated rings. The number of nitrogens with two attached hydrogens (primary N) is 1. The number of rotatable bonds is 4. The molecule has 0 saturated heterocycles. The third-order valence-electron chi connectivity index (χ3n) is 3.89. The van der Waals surface area contributed by atoms with E-state index in [2.05, 4.69) is 0 Å². The molecule has 0 unspecified atom stereocenters. The van der Waals surface area contributed by atoms with Crippen LogP contribution in [0.1, 0.15) is 31.2 Å². The molecule has 2 rings (SSSR count). The van der Waals surface area contributed by atoms with Crippen molar-refractivity contribution >= 4 is 5.78 Å². The minimum absolute atomic E-state index is 0.0495. The second-order valence-corrected chi connectivity index (χ2v) is 5.04. The quantitative estimate of drug-likeness (QED) is 0.896. The standard InChI is InChI=1S/C14H17F2NO/c15-11-4-3-10(7-12(11)16)8-13(18)14(9-17)5-1-2-6-14/h3-4,7H,1-2,5-6,8-9,17H2. The van der Waals surface area contributed by atoms with Gasteiger partial charge in [-0.3, -0.25) is 4.79 Å². The Labute approximate surface area is 105 Å². The molecule has 1 aromatic carbocycles. The van der Waals surface area contributed by atoms with Gasteiger partial charge in [0.25, 0.3) is 0 Å². The van der Waals surface area contributed by atoms with Crippen molar-refractivity contribution in [3.05, 3.63) is 35.4 Å². The molecule has 98 valence electrons. The van der Waals surface area contributed by atoms with Crippen molar-refractivity contribution in [1.29, 1.82) is 0 Å². The Kier molecular flexibility index (Phi) is 3.76. The minimum atomic E-state index is -0.909. The van der Waals surface area contributed by atoms with Gasteiger partial charge in [-0.25, -0.2) is 8.78 Å². The van der Waals surface area contributed by atoms with E-state index in [4.69, 9.17) is 5.73 Å². The molecule has 0 bridgehead atoms. The summed E-state index contributed by atoms with van der Waals surface area (Å²) >= 11 is 0. The van der Waals surface area contributed by atoms with Crippen molar-refractivity contribution in [2.24, 2.45) is 11.1 Å². The van der Waals surface area contributed by atoms with Crippen LogP contribution < -0.4 is 5.73 Å². The van der Waals surface area contributed by atoms with Gasteiger partial charge >= 0.3 is 0 Å². The van der Waals surface area contributed by atoms with E-state index in [1.807, 2.05) is 0 Å². The Morgan fingerprint density at radius 3 is 2.44 bits per heavy atom. The van der Waals surface area contributed by atoms with Crippen molar-refractivity contribution in [2.45, 2.75) is 32.1 Å². The first-order chi connectivity index (χ1) is 8.57. The second kappa shape index (κ2) is 5.14. The van der Waals surface area contributed by atoms with E-state index in [0.29, 0.717) is 12.1 Å². The van der Waals surface area contributed by atoms with Crippen LogP contribution in [0.2, 0.25) is 0 Å². The maximum atomic E-state index is 13.1. The molecule has 4 heteroatoms. The van der Waals surface area contributed by atoms with Gasteiger partial charge in [0, 0.05) is 18.4 Å². The van der Waals surface area contributed by atoms with Gasteiger partial charge in [-0.05, 0) is 30.5 Å². The van der Waals surface area contributed by atoms with Gasteiger partial charge in [-0.15, -0.1) is 0 Å². The number of benzene rings is 1. The molecule has 1 aliphatic rings. The van der Waals surface area contributed by atoms with Gasteiger partial charge in [0.05, 0.1) is 0 Å².